The van der Waals surface area contributed by atoms with Crippen molar-refractivity contribution in [2.45, 2.75) is 6.92 Å². The smallest absolute Gasteiger partial charge is 0.336 e. The Morgan fingerprint density at radius 1 is 1.58 bits per heavy atom. The molecule has 2 N–H and O–H groups in total. The van der Waals surface area contributed by atoms with Gasteiger partial charge in [0.05, 0.1) is 28.9 Å². The first-order valence-electron chi connectivity index (χ1n) is 5.60. The highest BCUT2D eigenvalue weighted by Crippen LogP contribution is 2.26. The molecule has 0 heterocycles. The fourth-order valence-electron chi connectivity index (χ4n) is 1.36. The standard InChI is InChI=1S/C13H15BrFNO3/c1-8(2)7-19-6-5-16-10-4-3-9(13(17)18)11(14)12(10)15/h3-4,16H,1,5-7H2,2H3,(H,17,18). The molecule has 6 heteroatoms. The van der Waals surface area contributed by atoms with Gasteiger partial charge in [0.15, 0.2) is 5.82 Å². The Hall–Kier alpha value is -1.40. The summed E-state index contributed by atoms with van der Waals surface area (Å²) in [5.41, 5.74) is 1.04. The molecule has 0 fully saturated rings. The van der Waals surface area contributed by atoms with E-state index in [1.165, 1.54) is 12.1 Å². The molecule has 104 valence electrons. The molecule has 19 heavy (non-hydrogen) atoms. The number of halogens is 2. The lowest BCUT2D eigenvalue weighted by atomic mass is 10.2. The molecule has 0 saturated carbocycles. The van der Waals surface area contributed by atoms with Crippen LogP contribution < -0.4 is 5.32 Å². The lowest BCUT2D eigenvalue weighted by Gasteiger charge is -2.10. The number of carboxylic acid groups (broad SMARTS) is 1. The predicted octanol–water partition coefficient (Wildman–Crippen LogP) is 3.29. The van der Waals surface area contributed by atoms with Crippen molar-refractivity contribution in [3.63, 3.8) is 0 Å². The topological polar surface area (TPSA) is 58.6 Å². The van der Waals surface area contributed by atoms with Gasteiger partial charge in [-0.2, -0.15) is 0 Å². The number of anilines is 1. The largest absolute Gasteiger partial charge is 0.478 e. The number of benzene rings is 1. The first kappa shape index (κ1) is 15.7. The minimum atomic E-state index is -1.18. The first-order valence-corrected chi connectivity index (χ1v) is 6.40. The predicted molar refractivity (Wildman–Crippen MR) is 75.2 cm³/mol. The van der Waals surface area contributed by atoms with Crippen molar-refractivity contribution in [3.05, 3.63) is 40.1 Å². The van der Waals surface area contributed by atoms with Gasteiger partial charge in [-0.25, -0.2) is 9.18 Å². The highest BCUT2D eigenvalue weighted by molar-refractivity contribution is 9.10. The van der Waals surface area contributed by atoms with Crippen LogP contribution in [0.1, 0.15) is 17.3 Å². The zero-order valence-corrected chi connectivity index (χ0v) is 12.1. The molecular formula is C13H15BrFNO3. The number of hydrogen-bond donors (Lipinski definition) is 2. The normalized spacial score (nSPS) is 10.3. The van der Waals surface area contributed by atoms with Gasteiger partial charge in [0.25, 0.3) is 0 Å². The Morgan fingerprint density at radius 3 is 2.84 bits per heavy atom. The highest BCUT2D eigenvalue weighted by Gasteiger charge is 2.15. The Bertz CT molecular complexity index is 491. The van der Waals surface area contributed by atoms with E-state index in [2.05, 4.69) is 27.8 Å². The van der Waals surface area contributed by atoms with E-state index in [-0.39, 0.29) is 15.7 Å². The molecule has 1 aromatic carbocycles. The zero-order valence-electron chi connectivity index (χ0n) is 10.5. The average Bonchev–Trinajstić information content (AvgIpc) is 2.33. The molecule has 0 unspecified atom stereocenters. The SMILES string of the molecule is C=C(C)COCCNc1ccc(C(=O)O)c(Br)c1F. The number of carbonyl (C=O) groups is 1. The Labute approximate surface area is 119 Å². The van der Waals surface area contributed by atoms with Gasteiger partial charge in [0, 0.05) is 6.54 Å². The van der Waals surface area contributed by atoms with Crippen LogP contribution in [0.2, 0.25) is 0 Å². The number of carboxylic acids is 1. The number of ether oxygens (including phenoxy) is 1. The molecule has 0 spiro atoms. The average molecular weight is 332 g/mol. The maximum atomic E-state index is 13.8. The fourth-order valence-corrected chi connectivity index (χ4v) is 1.87. The second-order valence-corrected chi connectivity index (χ2v) is 4.82. The van der Waals surface area contributed by atoms with Crippen molar-refractivity contribution >= 4 is 27.6 Å². The van der Waals surface area contributed by atoms with Gasteiger partial charge in [-0.15, -0.1) is 0 Å². The summed E-state index contributed by atoms with van der Waals surface area (Å²) in [6.07, 6.45) is 0. The second-order valence-electron chi connectivity index (χ2n) is 4.03. The third-order valence-corrected chi connectivity index (χ3v) is 3.00. The van der Waals surface area contributed by atoms with Crippen LogP contribution in [0.4, 0.5) is 10.1 Å². The summed E-state index contributed by atoms with van der Waals surface area (Å²) >= 11 is 2.93. The summed E-state index contributed by atoms with van der Waals surface area (Å²) in [5, 5.41) is 11.7. The van der Waals surface area contributed by atoms with Crippen molar-refractivity contribution in [3.8, 4) is 0 Å². The number of rotatable bonds is 7. The first-order chi connectivity index (χ1) is 8.93. The van der Waals surface area contributed by atoms with Crippen LogP contribution in [-0.4, -0.2) is 30.8 Å². The summed E-state index contributed by atoms with van der Waals surface area (Å²) in [4.78, 5) is 10.8. The zero-order chi connectivity index (χ0) is 14.4. The molecule has 0 aliphatic heterocycles. The van der Waals surface area contributed by atoms with Gasteiger partial charge in [-0.1, -0.05) is 12.2 Å². The Balaban J connectivity index is 2.58. The van der Waals surface area contributed by atoms with E-state index in [9.17, 15) is 9.18 Å². The van der Waals surface area contributed by atoms with E-state index in [4.69, 9.17) is 9.84 Å². The summed E-state index contributed by atoms with van der Waals surface area (Å²) < 4.78 is 19.0. The maximum Gasteiger partial charge on any atom is 0.336 e. The molecule has 0 radical (unpaired) electrons. The van der Waals surface area contributed by atoms with Crippen LogP contribution in [-0.2, 0) is 4.74 Å². The van der Waals surface area contributed by atoms with E-state index >= 15 is 0 Å². The summed E-state index contributed by atoms with van der Waals surface area (Å²) in [7, 11) is 0. The number of aromatic carboxylic acids is 1. The van der Waals surface area contributed by atoms with Crippen molar-refractivity contribution in [2.75, 3.05) is 25.1 Å². The van der Waals surface area contributed by atoms with Gasteiger partial charge in [-0.05, 0) is 35.0 Å². The molecule has 1 rings (SSSR count). The fraction of sp³-hybridized carbons (Fsp3) is 0.308. The number of hydrogen-bond acceptors (Lipinski definition) is 3. The van der Waals surface area contributed by atoms with Crippen LogP contribution in [0.3, 0.4) is 0 Å². The third-order valence-electron chi connectivity index (χ3n) is 2.22. The minimum absolute atomic E-state index is 0.0622. The van der Waals surface area contributed by atoms with E-state index in [0.717, 1.165) is 5.57 Å². The number of nitrogens with one attached hydrogen (secondary N) is 1. The maximum absolute atomic E-state index is 13.8. The van der Waals surface area contributed by atoms with E-state index in [1.807, 2.05) is 6.92 Å². The van der Waals surface area contributed by atoms with Gasteiger partial charge in [-0.3, -0.25) is 0 Å². The molecule has 0 bridgehead atoms. The molecule has 0 amide bonds. The Kier molecular flexibility index (Phi) is 5.98. The van der Waals surface area contributed by atoms with E-state index in [0.29, 0.717) is 19.8 Å². The summed E-state index contributed by atoms with van der Waals surface area (Å²) in [5.74, 6) is -1.80. The molecule has 1 aromatic rings. The molecule has 0 atom stereocenters. The van der Waals surface area contributed by atoms with Crippen LogP contribution in [0.5, 0.6) is 0 Å². The molecule has 0 aliphatic rings. The van der Waals surface area contributed by atoms with Gasteiger partial charge in [0.2, 0.25) is 0 Å². The highest BCUT2D eigenvalue weighted by atomic mass is 79.9. The van der Waals surface area contributed by atoms with Crippen molar-refractivity contribution in [2.24, 2.45) is 0 Å². The molecule has 0 saturated heterocycles. The van der Waals surface area contributed by atoms with E-state index in [1.54, 1.807) is 0 Å². The van der Waals surface area contributed by atoms with Gasteiger partial charge in [0.1, 0.15) is 0 Å². The Morgan fingerprint density at radius 2 is 2.26 bits per heavy atom. The molecule has 0 aliphatic carbocycles. The van der Waals surface area contributed by atoms with Crippen molar-refractivity contribution in [1.29, 1.82) is 0 Å². The lowest BCUT2D eigenvalue weighted by molar-refractivity contribution is 0.0695. The monoisotopic (exact) mass is 331 g/mol. The van der Waals surface area contributed by atoms with Crippen LogP contribution in [0.15, 0.2) is 28.8 Å². The molecule has 4 nitrogen and oxygen atoms in total. The second kappa shape index (κ2) is 7.25. The molecule has 0 aromatic heterocycles. The van der Waals surface area contributed by atoms with Crippen LogP contribution >= 0.6 is 15.9 Å². The van der Waals surface area contributed by atoms with E-state index < -0.39 is 11.8 Å². The van der Waals surface area contributed by atoms with Crippen LogP contribution in [0, 0.1) is 5.82 Å². The van der Waals surface area contributed by atoms with Crippen molar-refractivity contribution in [1.82, 2.24) is 0 Å². The van der Waals surface area contributed by atoms with Gasteiger partial charge >= 0.3 is 5.97 Å². The third kappa shape index (κ3) is 4.65. The van der Waals surface area contributed by atoms with Gasteiger partial charge < -0.3 is 15.2 Å². The minimum Gasteiger partial charge on any atom is -0.478 e. The quantitative estimate of drug-likeness (QED) is 0.594. The van der Waals surface area contributed by atoms with Crippen LogP contribution in [0.25, 0.3) is 0 Å². The summed E-state index contributed by atoms with van der Waals surface area (Å²) in [6, 6.07) is 2.73. The van der Waals surface area contributed by atoms with Crippen molar-refractivity contribution < 1.29 is 19.0 Å². The summed E-state index contributed by atoms with van der Waals surface area (Å²) in [6.45, 7) is 6.84. The lowest BCUT2D eigenvalue weighted by Crippen LogP contribution is -2.12. The molecular weight excluding hydrogens is 317 g/mol.